The van der Waals surface area contributed by atoms with Crippen LogP contribution in [-0.2, 0) is 10.0 Å². The molecule has 0 bridgehead atoms. The van der Waals surface area contributed by atoms with E-state index in [0.29, 0.717) is 28.8 Å². The lowest BCUT2D eigenvalue weighted by Gasteiger charge is -2.31. The molecule has 1 aromatic carbocycles. The summed E-state index contributed by atoms with van der Waals surface area (Å²) < 4.78 is 39.4. The van der Waals surface area contributed by atoms with E-state index in [0.717, 1.165) is 11.1 Å². The van der Waals surface area contributed by atoms with Gasteiger partial charge in [0.05, 0.1) is 11.1 Å². The summed E-state index contributed by atoms with van der Waals surface area (Å²) in [4.78, 5) is 13.1. The van der Waals surface area contributed by atoms with Crippen molar-refractivity contribution in [2.45, 2.75) is 25.8 Å². The fourth-order valence-electron chi connectivity index (χ4n) is 3.08. The van der Waals surface area contributed by atoms with Crippen molar-refractivity contribution < 1.29 is 17.6 Å². The first-order chi connectivity index (χ1) is 11.3. The second kappa shape index (κ2) is 6.42. The Kier molecular flexibility index (Phi) is 4.63. The molecule has 5 nitrogen and oxygen atoms in total. The number of carbonyl (C=O) groups is 1. The quantitative estimate of drug-likeness (QED) is 0.903. The van der Waals surface area contributed by atoms with Crippen molar-refractivity contribution in [2.24, 2.45) is 0 Å². The zero-order chi connectivity index (χ0) is 17.5. The minimum Gasteiger partial charge on any atom is -0.347 e. The maximum absolute atomic E-state index is 14.0. The molecule has 130 valence electrons. The molecule has 2 heterocycles. The molecule has 1 saturated heterocycles. The number of nitrogens with zero attached hydrogens (tertiary/aromatic N) is 1. The summed E-state index contributed by atoms with van der Waals surface area (Å²) in [5.74, 6) is -0.602. The summed E-state index contributed by atoms with van der Waals surface area (Å²) in [6.45, 7) is 2.50. The van der Waals surface area contributed by atoms with Gasteiger partial charge in [-0.1, -0.05) is 6.07 Å². The molecule has 8 heteroatoms. The minimum absolute atomic E-state index is 0.226. The lowest BCUT2D eigenvalue weighted by molar-refractivity contribution is 0.0925. The van der Waals surface area contributed by atoms with Crippen LogP contribution >= 0.6 is 11.3 Å². The number of hydrogen-bond donors (Lipinski definition) is 1. The number of carbonyl (C=O) groups excluding carboxylic acids is 1. The van der Waals surface area contributed by atoms with Crippen molar-refractivity contribution in [3.63, 3.8) is 0 Å². The molecule has 2 aromatic rings. The van der Waals surface area contributed by atoms with Gasteiger partial charge in [0.25, 0.3) is 5.91 Å². The Morgan fingerprint density at radius 3 is 2.83 bits per heavy atom. The second-order valence-electron chi connectivity index (χ2n) is 6.10. The van der Waals surface area contributed by atoms with E-state index < -0.39 is 10.0 Å². The van der Waals surface area contributed by atoms with Gasteiger partial charge >= 0.3 is 0 Å². The largest absolute Gasteiger partial charge is 0.347 e. The summed E-state index contributed by atoms with van der Waals surface area (Å²) >= 11 is 1.26. The summed E-state index contributed by atoms with van der Waals surface area (Å²) in [6, 6.07) is 4.57. The predicted octanol–water partition coefficient (Wildman–Crippen LogP) is 2.50. The third kappa shape index (κ3) is 3.31. The number of amides is 1. The molecule has 1 amide bonds. The standard InChI is InChI=1S/C16H19FN2O3S2/c1-10-14-12(17)6-3-7-13(14)23-15(10)16(20)18-11-5-4-8-19(9-11)24(2,21)22/h3,6-7,11H,4-5,8-9H2,1-2H3,(H,18,20)/t11-/m0/s1. The Bertz CT molecular complexity index is 892. The van der Waals surface area contributed by atoms with Gasteiger partial charge < -0.3 is 5.32 Å². The van der Waals surface area contributed by atoms with Crippen LogP contribution in [0.2, 0.25) is 0 Å². The molecular formula is C16H19FN2O3S2. The van der Waals surface area contributed by atoms with E-state index in [4.69, 9.17) is 0 Å². The predicted molar refractivity (Wildman–Crippen MR) is 93.4 cm³/mol. The number of halogens is 1. The van der Waals surface area contributed by atoms with Gasteiger partial charge in [-0.25, -0.2) is 17.1 Å². The summed E-state index contributed by atoms with van der Waals surface area (Å²) in [5, 5.41) is 3.38. The normalized spacial score (nSPS) is 19.5. The van der Waals surface area contributed by atoms with Crippen molar-refractivity contribution in [3.8, 4) is 0 Å². The van der Waals surface area contributed by atoms with Crippen LogP contribution < -0.4 is 5.32 Å². The lowest BCUT2D eigenvalue weighted by Crippen LogP contribution is -2.49. The van der Waals surface area contributed by atoms with E-state index in [1.54, 1.807) is 19.1 Å². The molecule has 3 rings (SSSR count). The Balaban J connectivity index is 1.80. The molecule has 0 saturated carbocycles. The average Bonchev–Trinajstić information content (AvgIpc) is 2.85. The van der Waals surface area contributed by atoms with E-state index in [9.17, 15) is 17.6 Å². The zero-order valence-corrected chi connectivity index (χ0v) is 15.1. The SMILES string of the molecule is Cc1c(C(=O)N[C@H]2CCCN(S(C)(=O)=O)C2)sc2cccc(F)c12. The van der Waals surface area contributed by atoms with Crippen molar-refractivity contribution in [1.29, 1.82) is 0 Å². The molecule has 1 atom stereocenters. The van der Waals surface area contributed by atoms with Crippen LogP contribution in [-0.4, -0.2) is 44.0 Å². The van der Waals surface area contributed by atoms with Crippen LogP contribution in [0, 0.1) is 12.7 Å². The van der Waals surface area contributed by atoms with Crippen LogP contribution in [0.4, 0.5) is 4.39 Å². The number of thiophene rings is 1. The zero-order valence-electron chi connectivity index (χ0n) is 13.5. The third-order valence-corrected chi connectivity index (χ3v) is 6.82. The highest BCUT2D eigenvalue weighted by Gasteiger charge is 2.28. The molecular weight excluding hydrogens is 351 g/mol. The fraction of sp³-hybridized carbons (Fsp3) is 0.438. The maximum Gasteiger partial charge on any atom is 0.261 e. The summed E-state index contributed by atoms with van der Waals surface area (Å²) in [5.41, 5.74) is 0.626. The number of piperidine rings is 1. The van der Waals surface area contributed by atoms with E-state index in [1.165, 1.54) is 28.0 Å². The van der Waals surface area contributed by atoms with Crippen molar-refractivity contribution in [1.82, 2.24) is 9.62 Å². The number of sulfonamides is 1. The number of benzene rings is 1. The van der Waals surface area contributed by atoms with E-state index in [1.807, 2.05) is 0 Å². The Morgan fingerprint density at radius 2 is 2.17 bits per heavy atom. The van der Waals surface area contributed by atoms with E-state index >= 15 is 0 Å². The van der Waals surface area contributed by atoms with Crippen LogP contribution in [0.25, 0.3) is 10.1 Å². The highest BCUT2D eigenvalue weighted by Crippen LogP contribution is 2.32. The van der Waals surface area contributed by atoms with Gasteiger partial charge in [0.2, 0.25) is 10.0 Å². The van der Waals surface area contributed by atoms with Crippen molar-refractivity contribution >= 4 is 37.4 Å². The fourth-order valence-corrected chi connectivity index (χ4v) is 5.12. The Hall–Kier alpha value is -1.51. The smallest absolute Gasteiger partial charge is 0.261 e. The molecule has 24 heavy (non-hydrogen) atoms. The van der Waals surface area contributed by atoms with Gasteiger partial charge in [-0.3, -0.25) is 4.79 Å². The number of nitrogens with one attached hydrogen (secondary N) is 1. The van der Waals surface area contributed by atoms with E-state index in [-0.39, 0.29) is 24.3 Å². The lowest BCUT2D eigenvalue weighted by atomic mass is 10.1. The first-order valence-electron chi connectivity index (χ1n) is 7.71. The first kappa shape index (κ1) is 17.3. The molecule has 1 aliphatic heterocycles. The summed E-state index contributed by atoms with van der Waals surface area (Å²) in [7, 11) is -3.26. The molecule has 0 unspecified atom stereocenters. The monoisotopic (exact) mass is 370 g/mol. The molecule has 1 fully saturated rings. The van der Waals surface area contributed by atoms with Gasteiger partial charge in [-0.15, -0.1) is 11.3 Å². The second-order valence-corrected chi connectivity index (χ2v) is 9.14. The minimum atomic E-state index is -3.26. The van der Waals surface area contributed by atoms with Crippen LogP contribution in [0.5, 0.6) is 0 Å². The summed E-state index contributed by atoms with van der Waals surface area (Å²) in [6.07, 6.45) is 2.62. The van der Waals surface area contributed by atoms with Gasteiger partial charge in [-0.2, -0.15) is 0 Å². The Labute approximate surface area is 144 Å². The molecule has 1 aliphatic rings. The van der Waals surface area contributed by atoms with Gasteiger partial charge in [0, 0.05) is 29.2 Å². The molecule has 0 spiro atoms. The molecule has 1 N–H and O–H groups in total. The molecule has 0 radical (unpaired) electrons. The van der Waals surface area contributed by atoms with Crippen molar-refractivity contribution in [2.75, 3.05) is 19.3 Å². The number of aryl methyl sites for hydroxylation is 1. The molecule has 0 aliphatic carbocycles. The highest BCUT2D eigenvalue weighted by atomic mass is 32.2. The van der Waals surface area contributed by atoms with E-state index in [2.05, 4.69) is 5.32 Å². The average molecular weight is 370 g/mol. The van der Waals surface area contributed by atoms with Crippen molar-refractivity contribution in [3.05, 3.63) is 34.5 Å². The van der Waals surface area contributed by atoms with Gasteiger partial charge in [0.15, 0.2) is 0 Å². The Morgan fingerprint density at radius 1 is 1.42 bits per heavy atom. The first-order valence-corrected chi connectivity index (χ1v) is 10.4. The van der Waals surface area contributed by atoms with Crippen LogP contribution in [0.3, 0.4) is 0 Å². The third-order valence-electron chi connectivity index (χ3n) is 4.30. The highest BCUT2D eigenvalue weighted by molar-refractivity contribution is 7.88. The molecule has 1 aromatic heterocycles. The van der Waals surface area contributed by atoms with Gasteiger partial charge in [0.1, 0.15) is 5.82 Å². The van der Waals surface area contributed by atoms with Gasteiger partial charge in [-0.05, 0) is 37.5 Å². The number of hydrogen-bond acceptors (Lipinski definition) is 4. The number of rotatable bonds is 3. The number of fused-ring (bicyclic) bond motifs is 1. The topological polar surface area (TPSA) is 66.5 Å². The van der Waals surface area contributed by atoms with Crippen LogP contribution in [0.15, 0.2) is 18.2 Å². The maximum atomic E-state index is 14.0. The van der Waals surface area contributed by atoms with Crippen LogP contribution in [0.1, 0.15) is 28.1 Å².